The molecule has 0 saturated carbocycles. The van der Waals surface area contributed by atoms with E-state index in [-0.39, 0.29) is 5.37 Å². The molecule has 2 N–H and O–H groups in total. The molecule has 1 aliphatic heterocycles. The highest BCUT2D eigenvalue weighted by molar-refractivity contribution is 7.99. The molecule has 0 aromatic heterocycles. The lowest BCUT2D eigenvalue weighted by Crippen LogP contribution is -2.33. The van der Waals surface area contributed by atoms with E-state index in [1.54, 1.807) is 18.9 Å². The van der Waals surface area contributed by atoms with Crippen molar-refractivity contribution in [2.75, 3.05) is 26.1 Å². The largest absolute Gasteiger partial charge is 0.493 e. The molecular formula is C21H25NO5S. The van der Waals surface area contributed by atoms with E-state index in [4.69, 9.17) is 19.3 Å². The van der Waals surface area contributed by atoms with Crippen LogP contribution in [-0.2, 0) is 4.79 Å². The maximum atomic E-state index is 11.1. The summed E-state index contributed by atoms with van der Waals surface area (Å²) < 4.78 is 17.0. The second kappa shape index (κ2) is 9.21. The lowest BCUT2D eigenvalue weighted by Gasteiger charge is -2.16. The second-order valence-corrected chi connectivity index (χ2v) is 7.76. The molecule has 1 heterocycles. The van der Waals surface area contributed by atoms with Crippen LogP contribution in [-0.4, -0.2) is 43.2 Å². The Labute approximate surface area is 169 Å². The van der Waals surface area contributed by atoms with Crippen LogP contribution in [0.2, 0.25) is 0 Å². The van der Waals surface area contributed by atoms with Gasteiger partial charge in [-0.25, -0.2) is 0 Å². The standard InChI is InChI=1S/C21H25NO5S/c1-13-4-6-16(10-14(13)2)26-8-9-27-18-7-5-15(11-19(18)25-3)20-22-17(12-28-20)21(23)24/h4-7,10-11,17,20,22H,8-9,12H2,1-3H3,(H,23,24). The molecule has 6 nitrogen and oxygen atoms in total. The van der Waals surface area contributed by atoms with Gasteiger partial charge in [0.15, 0.2) is 11.5 Å². The third kappa shape index (κ3) is 4.91. The van der Waals surface area contributed by atoms with Gasteiger partial charge in [0, 0.05) is 5.75 Å². The van der Waals surface area contributed by atoms with E-state index in [1.807, 2.05) is 36.4 Å². The third-order valence-electron chi connectivity index (χ3n) is 4.66. The van der Waals surface area contributed by atoms with Gasteiger partial charge in [0.05, 0.1) is 12.5 Å². The average Bonchev–Trinajstić information content (AvgIpc) is 3.18. The van der Waals surface area contributed by atoms with Crippen molar-refractivity contribution in [3.05, 3.63) is 53.1 Å². The summed E-state index contributed by atoms with van der Waals surface area (Å²) in [5, 5.41) is 12.2. The number of aliphatic carboxylic acids is 1. The van der Waals surface area contributed by atoms with Gasteiger partial charge >= 0.3 is 5.97 Å². The molecule has 0 radical (unpaired) electrons. The minimum atomic E-state index is -0.828. The summed E-state index contributed by atoms with van der Waals surface area (Å²) in [6, 6.07) is 11.1. The maximum Gasteiger partial charge on any atom is 0.321 e. The quantitative estimate of drug-likeness (QED) is 0.653. The molecular weight excluding hydrogens is 378 g/mol. The number of carboxylic acid groups (broad SMARTS) is 1. The van der Waals surface area contributed by atoms with Crippen molar-refractivity contribution in [3.63, 3.8) is 0 Å². The summed E-state index contributed by atoms with van der Waals surface area (Å²) in [6.45, 7) is 4.94. The number of methoxy groups -OCH3 is 1. The van der Waals surface area contributed by atoms with Gasteiger partial charge in [-0.05, 0) is 54.8 Å². The fourth-order valence-corrected chi connectivity index (χ4v) is 4.11. The third-order valence-corrected chi connectivity index (χ3v) is 5.93. The number of hydrogen-bond acceptors (Lipinski definition) is 6. The zero-order valence-corrected chi connectivity index (χ0v) is 17.0. The zero-order valence-electron chi connectivity index (χ0n) is 16.2. The SMILES string of the molecule is COc1cc(C2NC(C(=O)O)CS2)ccc1OCCOc1ccc(C)c(C)c1. The van der Waals surface area contributed by atoms with E-state index in [0.29, 0.717) is 30.5 Å². The Kier molecular flexibility index (Phi) is 6.70. The van der Waals surface area contributed by atoms with E-state index in [0.717, 1.165) is 11.3 Å². The van der Waals surface area contributed by atoms with Crippen LogP contribution >= 0.6 is 11.8 Å². The van der Waals surface area contributed by atoms with Crippen LogP contribution < -0.4 is 19.5 Å². The van der Waals surface area contributed by atoms with Crippen LogP contribution in [0.5, 0.6) is 17.2 Å². The molecule has 1 aliphatic rings. The lowest BCUT2D eigenvalue weighted by atomic mass is 10.1. The molecule has 0 spiro atoms. The highest BCUT2D eigenvalue weighted by Gasteiger charge is 2.30. The van der Waals surface area contributed by atoms with Gasteiger partial charge in [-0.3, -0.25) is 10.1 Å². The first kappa shape index (κ1) is 20.4. The fourth-order valence-electron chi connectivity index (χ4n) is 2.89. The van der Waals surface area contributed by atoms with Crippen LogP contribution in [0.25, 0.3) is 0 Å². The van der Waals surface area contributed by atoms with Gasteiger partial charge in [0.2, 0.25) is 0 Å². The minimum absolute atomic E-state index is 0.0721. The van der Waals surface area contributed by atoms with Crippen LogP contribution in [0.3, 0.4) is 0 Å². The van der Waals surface area contributed by atoms with Crippen molar-refractivity contribution in [3.8, 4) is 17.2 Å². The van der Waals surface area contributed by atoms with Gasteiger partial charge in [-0.2, -0.15) is 0 Å². The van der Waals surface area contributed by atoms with E-state index in [9.17, 15) is 4.79 Å². The van der Waals surface area contributed by atoms with E-state index in [1.165, 1.54) is 11.1 Å². The van der Waals surface area contributed by atoms with Gasteiger partial charge in [-0.1, -0.05) is 12.1 Å². The molecule has 0 aliphatic carbocycles. The predicted molar refractivity (Wildman–Crippen MR) is 110 cm³/mol. The van der Waals surface area contributed by atoms with Crippen molar-refractivity contribution >= 4 is 17.7 Å². The molecule has 0 bridgehead atoms. The number of aryl methyl sites for hydroxylation is 2. The molecule has 2 aromatic rings. The highest BCUT2D eigenvalue weighted by atomic mass is 32.2. The van der Waals surface area contributed by atoms with Gasteiger partial charge in [0.1, 0.15) is 25.0 Å². The molecule has 2 atom stereocenters. The Bertz CT molecular complexity index is 842. The fraction of sp³-hybridized carbons (Fsp3) is 0.381. The summed E-state index contributed by atoms with van der Waals surface area (Å²) >= 11 is 1.57. The summed E-state index contributed by atoms with van der Waals surface area (Å²) in [6.07, 6.45) is 0. The van der Waals surface area contributed by atoms with Crippen LogP contribution in [0.1, 0.15) is 22.1 Å². The molecule has 150 valence electrons. The van der Waals surface area contributed by atoms with E-state index >= 15 is 0 Å². The first-order chi connectivity index (χ1) is 13.5. The molecule has 28 heavy (non-hydrogen) atoms. The summed E-state index contributed by atoms with van der Waals surface area (Å²) in [7, 11) is 1.59. The monoisotopic (exact) mass is 403 g/mol. The van der Waals surface area contributed by atoms with Crippen molar-refractivity contribution in [2.45, 2.75) is 25.3 Å². The van der Waals surface area contributed by atoms with Gasteiger partial charge in [-0.15, -0.1) is 11.8 Å². The highest BCUT2D eigenvalue weighted by Crippen LogP contribution is 2.37. The number of benzene rings is 2. The number of carboxylic acids is 1. The topological polar surface area (TPSA) is 77.0 Å². The smallest absolute Gasteiger partial charge is 0.321 e. The van der Waals surface area contributed by atoms with Gasteiger partial charge in [0.25, 0.3) is 0 Å². The second-order valence-electron chi connectivity index (χ2n) is 6.62. The summed E-state index contributed by atoms with van der Waals surface area (Å²) in [4.78, 5) is 11.1. The van der Waals surface area contributed by atoms with Crippen LogP contribution in [0.4, 0.5) is 0 Å². The Morgan fingerprint density at radius 2 is 1.89 bits per heavy atom. The zero-order chi connectivity index (χ0) is 20.1. The van der Waals surface area contributed by atoms with Gasteiger partial charge < -0.3 is 19.3 Å². The number of thioether (sulfide) groups is 1. The lowest BCUT2D eigenvalue weighted by molar-refractivity contribution is -0.138. The Hall–Kier alpha value is -2.38. The Balaban J connectivity index is 1.55. The molecule has 1 fully saturated rings. The summed E-state index contributed by atoms with van der Waals surface area (Å²) in [5.74, 6) is 1.78. The van der Waals surface area contributed by atoms with Crippen LogP contribution in [0, 0.1) is 13.8 Å². The van der Waals surface area contributed by atoms with Crippen molar-refractivity contribution in [1.29, 1.82) is 0 Å². The summed E-state index contributed by atoms with van der Waals surface area (Å²) in [5.41, 5.74) is 3.39. The van der Waals surface area contributed by atoms with Crippen molar-refractivity contribution in [2.24, 2.45) is 0 Å². The molecule has 2 aromatic carbocycles. The normalized spacial score (nSPS) is 18.7. The van der Waals surface area contributed by atoms with E-state index in [2.05, 4.69) is 19.2 Å². The number of ether oxygens (including phenoxy) is 3. The molecule has 3 rings (SSSR count). The first-order valence-corrected chi connectivity index (χ1v) is 10.1. The molecule has 0 amide bonds. The predicted octanol–water partition coefficient (Wildman–Crippen LogP) is 3.56. The number of nitrogens with one attached hydrogen (secondary N) is 1. The van der Waals surface area contributed by atoms with Crippen LogP contribution in [0.15, 0.2) is 36.4 Å². The molecule has 2 unspecified atom stereocenters. The molecule has 7 heteroatoms. The average molecular weight is 404 g/mol. The number of hydrogen-bond donors (Lipinski definition) is 2. The maximum absolute atomic E-state index is 11.1. The van der Waals surface area contributed by atoms with Crippen molar-refractivity contribution in [1.82, 2.24) is 5.32 Å². The minimum Gasteiger partial charge on any atom is -0.493 e. The Morgan fingerprint density at radius 1 is 1.11 bits per heavy atom. The first-order valence-electron chi connectivity index (χ1n) is 9.09. The van der Waals surface area contributed by atoms with E-state index < -0.39 is 12.0 Å². The number of carbonyl (C=O) groups is 1. The Morgan fingerprint density at radius 3 is 2.57 bits per heavy atom. The molecule has 1 saturated heterocycles. The van der Waals surface area contributed by atoms with Crippen molar-refractivity contribution < 1.29 is 24.1 Å². The number of rotatable bonds is 8.